The summed E-state index contributed by atoms with van der Waals surface area (Å²) in [6, 6.07) is 2.78. The van der Waals surface area contributed by atoms with Gasteiger partial charge in [-0.05, 0) is 12.1 Å². The SMILES string of the molecule is [2H]COc1cc(C=O)cc(OC[2H])c1OC[2H]. The zero-order valence-corrected chi connectivity index (χ0v) is 7.49. The lowest BCUT2D eigenvalue weighted by Gasteiger charge is -2.11. The maximum absolute atomic E-state index is 10.7. The van der Waals surface area contributed by atoms with Gasteiger partial charge in [0.1, 0.15) is 6.29 Å². The summed E-state index contributed by atoms with van der Waals surface area (Å²) in [5, 5.41) is 0. The fourth-order valence-electron chi connectivity index (χ4n) is 1.02. The summed E-state index contributed by atoms with van der Waals surface area (Å²) in [6.07, 6.45) is 0.595. The Balaban J connectivity index is 3.21. The monoisotopic (exact) mass is 199 g/mol. The number of aldehydes is 1. The maximum atomic E-state index is 10.7. The molecule has 0 aliphatic rings. The van der Waals surface area contributed by atoms with Crippen LogP contribution in [0.25, 0.3) is 0 Å². The van der Waals surface area contributed by atoms with Gasteiger partial charge in [0.05, 0.1) is 25.4 Å². The molecule has 0 bridgehead atoms. The highest BCUT2D eigenvalue weighted by Crippen LogP contribution is 2.37. The van der Waals surface area contributed by atoms with Crippen molar-refractivity contribution < 1.29 is 23.1 Å². The summed E-state index contributed by atoms with van der Waals surface area (Å²) in [5.74, 6) is 0.436. The lowest BCUT2D eigenvalue weighted by molar-refractivity contribution is 0.112. The van der Waals surface area contributed by atoms with Crippen molar-refractivity contribution in [1.29, 1.82) is 0 Å². The van der Waals surface area contributed by atoms with E-state index in [9.17, 15) is 4.79 Å². The summed E-state index contributed by atoms with van der Waals surface area (Å²) >= 11 is 0. The van der Waals surface area contributed by atoms with Crippen molar-refractivity contribution in [1.82, 2.24) is 0 Å². The summed E-state index contributed by atoms with van der Waals surface area (Å²) in [6.45, 7) is 0. The molecule has 76 valence electrons. The molecule has 0 aliphatic carbocycles. The first-order valence-electron chi connectivity index (χ1n) is 5.78. The predicted octanol–water partition coefficient (Wildman–Crippen LogP) is 1.52. The van der Waals surface area contributed by atoms with Gasteiger partial charge in [-0.2, -0.15) is 0 Å². The summed E-state index contributed by atoms with van der Waals surface area (Å²) in [5.41, 5.74) is 0.286. The Hall–Kier alpha value is -1.71. The number of carbonyl (C=O) groups is 1. The second kappa shape index (κ2) is 4.50. The molecule has 0 radical (unpaired) electrons. The molecule has 14 heavy (non-hydrogen) atoms. The first kappa shape index (κ1) is 6.70. The lowest BCUT2D eigenvalue weighted by Crippen LogP contribution is -1.96. The van der Waals surface area contributed by atoms with E-state index in [2.05, 4.69) is 0 Å². The van der Waals surface area contributed by atoms with Gasteiger partial charge >= 0.3 is 0 Å². The van der Waals surface area contributed by atoms with Gasteiger partial charge in [0.15, 0.2) is 11.5 Å². The molecule has 4 nitrogen and oxygen atoms in total. The fourth-order valence-corrected chi connectivity index (χ4v) is 1.02. The number of ether oxygens (including phenoxy) is 3. The molecule has 0 saturated heterocycles. The van der Waals surface area contributed by atoms with Gasteiger partial charge in [0.25, 0.3) is 0 Å². The minimum absolute atomic E-state index is 0.130. The molecule has 0 saturated carbocycles. The molecule has 0 amide bonds. The minimum Gasteiger partial charge on any atom is -0.493 e. The molecule has 4 heteroatoms. The van der Waals surface area contributed by atoms with Crippen molar-refractivity contribution in [3.63, 3.8) is 0 Å². The lowest BCUT2D eigenvalue weighted by atomic mass is 10.2. The molecule has 0 atom stereocenters. The van der Waals surface area contributed by atoms with E-state index in [0.717, 1.165) is 0 Å². The van der Waals surface area contributed by atoms with E-state index in [4.69, 9.17) is 18.3 Å². The van der Waals surface area contributed by atoms with Gasteiger partial charge in [-0.1, -0.05) is 0 Å². The Kier molecular flexibility index (Phi) is 2.16. The van der Waals surface area contributed by atoms with E-state index in [1.165, 1.54) is 12.1 Å². The van der Waals surface area contributed by atoms with E-state index >= 15 is 0 Å². The van der Waals surface area contributed by atoms with Gasteiger partial charge in [-0.15, -0.1) is 0 Å². The number of rotatable bonds is 4. The first-order chi connectivity index (χ1) is 8.26. The second-order valence-electron chi connectivity index (χ2n) is 2.40. The van der Waals surface area contributed by atoms with Crippen LogP contribution in [0.5, 0.6) is 17.2 Å². The Bertz CT molecular complexity index is 357. The molecule has 0 aliphatic heterocycles. The van der Waals surface area contributed by atoms with Crippen LogP contribution in [-0.2, 0) is 0 Å². The Morgan fingerprint density at radius 1 is 1.14 bits per heavy atom. The molecule has 0 spiro atoms. The van der Waals surface area contributed by atoms with Gasteiger partial charge in [-0.25, -0.2) is 0 Å². The van der Waals surface area contributed by atoms with Crippen LogP contribution in [0.3, 0.4) is 0 Å². The number of methoxy groups -OCH3 is 3. The standard InChI is InChI=1S/C10H12O4/c1-12-8-4-7(6-11)5-9(13-2)10(8)14-3/h4-6H,1-3H3/i1D,2D,3D. The number of benzene rings is 1. The minimum atomic E-state index is -0.358. The van der Waals surface area contributed by atoms with Crippen molar-refractivity contribution in [3.05, 3.63) is 17.7 Å². The van der Waals surface area contributed by atoms with Crippen LogP contribution < -0.4 is 14.2 Å². The number of hydrogen-bond donors (Lipinski definition) is 0. The average Bonchev–Trinajstić information content (AvgIpc) is 2.33. The van der Waals surface area contributed by atoms with E-state index in [1.54, 1.807) is 0 Å². The van der Waals surface area contributed by atoms with Crippen molar-refractivity contribution in [3.8, 4) is 17.2 Å². The molecule has 0 unspecified atom stereocenters. The van der Waals surface area contributed by atoms with Gasteiger partial charge in [0, 0.05) is 5.56 Å². The molecular formula is C10H12O4. The first-order valence-corrected chi connectivity index (χ1v) is 3.66. The van der Waals surface area contributed by atoms with Crippen molar-refractivity contribution in [2.75, 3.05) is 21.3 Å². The van der Waals surface area contributed by atoms with Crippen LogP contribution >= 0.6 is 0 Å². The summed E-state index contributed by atoms with van der Waals surface area (Å²) in [4.78, 5) is 10.7. The largest absolute Gasteiger partial charge is 0.493 e. The molecule has 1 rings (SSSR count). The molecular weight excluding hydrogens is 184 g/mol. The normalized spacial score (nSPS) is 12.1. The molecule has 1 aromatic carbocycles. The third kappa shape index (κ3) is 1.79. The van der Waals surface area contributed by atoms with Crippen molar-refractivity contribution in [2.24, 2.45) is 0 Å². The van der Waals surface area contributed by atoms with Crippen LogP contribution in [0.1, 0.15) is 14.5 Å². The fraction of sp³-hybridized carbons (Fsp3) is 0.300. The van der Waals surface area contributed by atoms with Gasteiger partial charge in [0.2, 0.25) is 5.75 Å². The van der Waals surface area contributed by atoms with E-state index in [0.29, 0.717) is 6.29 Å². The molecule has 0 fully saturated rings. The third-order valence-electron chi connectivity index (χ3n) is 1.63. The highest BCUT2D eigenvalue weighted by atomic mass is 16.5. The van der Waals surface area contributed by atoms with Crippen LogP contribution in [0, 0.1) is 0 Å². The summed E-state index contributed by atoms with van der Waals surface area (Å²) < 4.78 is 35.9. The molecule has 1 aromatic rings. The maximum Gasteiger partial charge on any atom is 0.203 e. The number of hydrogen-bond acceptors (Lipinski definition) is 4. The van der Waals surface area contributed by atoms with Crippen LogP contribution in [0.15, 0.2) is 12.1 Å². The molecule has 0 aromatic heterocycles. The van der Waals surface area contributed by atoms with Crippen LogP contribution in [0.2, 0.25) is 0 Å². The number of carbonyl (C=O) groups excluding carboxylic acids is 1. The van der Waals surface area contributed by atoms with Gasteiger partial charge < -0.3 is 14.2 Å². The van der Waals surface area contributed by atoms with E-state index < -0.39 is 0 Å². The topological polar surface area (TPSA) is 44.8 Å². The summed E-state index contributed by atoms with van der Waals surface area (Å²) in [7, 11) is -1.06. The average molecular weight is 199 g/mol. The van der Waals surface area contributed by atoms with E-state index in [-0.39, 0.29) is 44.1 Å². The third-order valence-corrected chi connectivity index (χ3v) is 1.63. The Morgan fingerprint density at radius 3 is 2.14 bits per heavy atom. The van der Waals surface area contributed by atoms with Gasteiger partial charge in [-0.3, -0.25) is 4.79 Å². The predicted molar refractivity (Wildman–Crippen MR) is 51.5 cm³/mol. The zero-order valence-electron chi connectivity index (χ0n) is 10.5. The molecule has 0 N–H and O–H groups in total. The van der Waals surface area contributed by atoms with Crippen molar-refractivity contribution in [2.45, 2.75) is 0 Å². The highest BCUT2D eigenvalue weighted by Gasteiger charge is 2.12. The van der Waals surface area contributed by atoms with Crippen molar-refractivity contribution >= 4 is 6.29 Å². The Labute approximate surface area is 86.6 Å². The quantitative estimate of drug-likeness (QED) is 0.690. The smallest absolute Gasteiger partial charge is 0.203 e. The van der Waals surface area contributed by atoms with Crippen LogP contribution in [-0.4, -0.2) is 27.5 Å². The zero-order chi connectivity index (χ0) is 12.7. The van der Waals surface area contributed by atoms with Crippen LogP contribution in [0.4, 0.5) is 0 Å². The molecule has 0 heterocycles. The highest BCUT2D eigenvalue weighted by molar-refractivity contribution is 5.78. The second-order valence-corrected chi connectivity index (χ2v) is 2.40. The Morgan fingerprint density at radius 2 is 1.71 bits per heavy atom. The van der Waals surface area contributed by atoms with E-state index in [1.807, 2.05) is 0 Å².